The van der Waals surface area contributed by atoms with E-state index in [1.54, 1.807) is 0 Å². The van der Waals surface area contributed by atoms with Gasteiger partial charge in [-0.3, -0.25) is 4.79 Å². The second-order valence-corrected chi connectivity index (χ2v) is 5.25. The van der Waals surface area contributed by atoms with Crippen molar-refractivity contribution < 1.29 is 9.53 Å². The Morgan fingerprint density at radius 2 is 2.06 bits per heavy atom. The number of nitrogens with zero attached hydrogens (tertiary/aromatic N) is 1. The summed E-state index contributed by atoms with van der Waals surface area (Å²) < 4.78 is 5.05. The lowest BCUT2D eigenvalue weighted by Gasteiger charge is -2.28. The molecule has 0 atom stereocenters. The Bertz CT molecular complexity index is 223. The van der Waals surface area contributed by atoms with Crippen LogP contribution >= 0.6 is 0 Å². The number of esters is 1. The standard InChI is InChI=1S/C13H26N2O2/c1-11(2)17-13(16)10-14-7-4-12-5-8-15(3)9-6-12/h11-12,14H,4-10H2,1-3H3. The van der Waals surface area contributed by atoms with Crippen molar-refractivity contribution in [3.8, 4) is 0 Å². The number of likely N-dealkylation sites (tertiary alicyclic amines) is 1. The molecule has 1 saturated heterocycles. The van der Waals surface area contributed by atoms with Crippen LogP contribution in [0.4, 0.5) is 0 Å². The lowest BCUT2D eigenvalue weighted by Crippen LogP contribution is -2.33. The van der Waals surface area contributed by atoms with E-state index in [1.165, 1.54) is 32.4 Å². The van der Waals surface area contributed by atoms with Crippen molar-refractivity contribution in [1.29, 1.82) is 0 Å². The molecule has 1 N–H and O–H groups in total. The van der Waals surface area contributed by atoms with Crippen LogP contribution in [0.3, 0.4) is 0 Å². The maximum atomic E-state index is 11.3. The first-order valence-electron chi connectivity index (χ1n) is 6.66. The molecule has 100 valence electrons. The zero-order chi connectivity index (χ0) is 12.7. The van der Waals surface area contributed by atoms with E-state index in [-0.39, 0.29) is 12.1 Å². The summed E-state index contributed by atoms with van der Waals surface area (Å²) in [5.74, 6) is 0.670. The third kappa shape index (κ3) is 6.64. The number of ether oxygens (including phenoxy) is 1. The lowest BCUT2D eigenvalue weighted by atomic mass is 9.94. The highest BCUT2D eigenvalue weighted by Crippen LogP contribution is 2.18. The summed E-state index contributed by atoms with van der Waals surface area (Å²) in [4.78, 5) is 13.6. The van der Waals surface area contributed by atoms with Crippen molar-refractivity contribution >= 4 is 5.97 Å². The summed E-state index contributed by atoms with van der Waals surface area (Å²) in [5, 5.41) is 3.16. The van der Waals surface area contributed by atoms with Gasteiger partial charge in [-0.2, -0.15) is 0 Å². The minimum atomic E-state index is -0.150. The Balaban J connectivity index is 1.99. The molecule has 0 aromatic carbocycles. The Hall–Kier alpha value is -0.610. The number of piperidine rings is 1. The minimum Gasteiger partial charge on any atom is -0.462 e. The van der Waals surface area contributed by atoms with Crippen LogP contribution in [0.5, 0.6) is 0 Å². The van der Waals surface area contributed by atoms with E-state index in [2.05, 4.69) is 17.3 Å². The molecule has 17 heavy (non-hydrogen) atoms. The molecule has 0 saturated carbocycles. The molecule has 4 heteroatoms. The first-order chi connectivity index (χ1) is 8.08. The fourth-order valence-corrected chi connectivity index (χ4v) is 2.15. The Morgan fingerprint density at radius 3 is 2.65 bits per heavy atom. The van der Waals surface area contributed by atoms with Gasteiger partial charge in [0.15, 0.2) is 0 Å². The predicted octanol–water partition coefficient (Wildman–Crippen LogP) is 1.26. The molecule has 1 rings (SSSR count). The highest BCUT2D eigenvalue weighted by Gasteiger charge is 2.16. The average molecular weight is 242 g/mol. The molecule has 0 bridgehead atoms. The highest BCUT2D eigenvalue weighted by molar-refractivity contribution is 5.71. The predicted molar refractivity (Wildman–Crippen MR) is 68.9 cm³/mol. The molecule has 1 fully saturated rings. The third-order valence-electron chi connectivity index (χ3n) is 3.20. The molecule has 0 amide bonds. The number of rotatable bonds is 6. The third-order valence-corrected chi connectivity index (χ3v) is 3.20. The van der Waals surface area contributed by atoms with Crippen LogP contribution in [0.25, 0.3) is 0 Å². The van der Waals surface area contributed by atoms with Gasteiger partial charge in [0, 0.05) is 0 Å². The van der Waals surface area contributed by atoms with Gasteiger partial charge >= 0.3 is 5.97 Å². The Kier molecular flexibility index (Phi) is 6.52. The molecule has 1 aliphatic rings. The van der Waals surface area contributed by atoms with E-state index in [1.807, 2.05) is 13.8 Å². The maximum Gasteiger partial charge on any atom is 0.320 e. The number of hydrogen-bond acceptors (Lipinski definition) is 4. The molecule has 0 aliphatic carbocycles. The number of carbonyl (C=O) groups excluding carboxylic acids is 1. The van der Waals surface area contributed by atoms with Crippen LogP contribution in [0.1, 0.15) is 33.1 Å². The summed E-state index contributed by atoms with van der Waals surface area (Å²) in [6.45, 7) is 7.42. The van der Waals surface area contributed by atoms with Crippen LogP contribution in [-0.2, 0) is 9.53 Å². The van der Waals surface area contributed by atoms with E-state index < -0.39 is 0 Å². The Labute approximate surface area is 105 Å². The van der Waals surface area contributed by atoms with Gasteiger partial charge in [-0.15, -0.1) is 0 Å². The summed E-state index contributed by atoms with van der Waals surface area (Å²) in [5.41, 5.74) is 0. The molecule has 1 heterocycles. The van der Waals surface area contributed by atoms with Crippen LogP contribution < -0.4 is 5.32 Å². The molecular weight excluding hydrogens is 216 g/mol. The molecule has 0 aromatic heterocycles. The minimum absolute atomic E-state index is 0.0156. The van der Waals surface area contributed by atoms with Gasteiger partial charge in [-0.05, 0) is 65.7 Å². The van der Waals surface area contributed by atoms with Crippen molar-refractivity contribution in [1.82, 2.24) is 10.2 Å². The monoisotopic (exact) mass is 242 g/mol. The zero-order valence-electron chi connectivity index (χ0n) is 11.4. The van der Waals surface area contributed by atoms with Crippen LogP contribution in [0.15, 0.2) is 0 Å². The van der Waals surface area contributed by atoms with E-state index in [9.17, 15) is 4.79 Å². The quantitative estimate of drug-likeness (QED) is 0.562. The fraction of sp³-hybridized carbons (Fsp3) is 0.923. The smallest absolute Gasteiger partial charge is 0.320 e. The van der Waals surface area contributed by atoms with Gasteiger partial charge in [-0.25, -0.2) is 0 Å². The van der Waals surface area contributed by atoms with Crippen LogP contribution in [0.2, 0.25) is 0 Å². The zero-order valence-corrected chi connectivity index (χ0v) is 11.4. The normalized spacial score (nSPS) is 18.6. The van der Waals surface area contributed by atoms with E-state index in [0.29, 0.717) is 6.54 Å². The van der Waals surface area contributed by atoms with E-state index >= 15 is 0 Å². The summed E-state index contributed by atoms with van der Waals surface area (Å²) >= 11 is 0. The number of carbonyl (C=O) groups is 1. The first kappa shape index (κ1) is 14.5. The molecular formula is C13H26N2O2. The maximum absolute atomic E-state index is 11.3. The van der Waals surface area contributed by atoms with E-state index in [0.717, 1.165) is 12.5 Å². The molecule has 0 unspecified atom stereocenters. The molecule has 0 radical (unpaired) electrons. The van der Waals surface area contributed by atoms with Crippen molar-refractivity contribution in [3.63, 3.8) is 0 Å². The molecule has 0 spiro atoms. The number of nitrogens with one attached hydrogen (secondary N) is 1. The van der Waals surface area contributed by atoms with Gasteiger partial charge in [0.2, 0.25) is 0 Å². The van der Waals surface area contributed by atoms with Gasteiger partial charge in [0.05, 0.1) is 12.6 Å². The van der Waals surface area contributed by atoms with Crippen LogP contribution in [-0.4, -0.2) is 50.2 Å². The van der Waals surface area contributed by atoms with Gasteiger partial charge < -0.3 is 15.0 Å². The lowest BCUT2D eigenvalue weighted by molar-refractivity contribution is -0.146. The largest absolute Gasteiger partial charge is 0.462 e. The van der Waals surface area contributed by atoms with Crippen molar-refractivity contribution in [2.75, 3.05) is 33.2 Å². The first-order valence-corrected chi connectivity index (χ1v) is 6.66. The van der Waals surface area contributed by atoms with Gasteiger partial charge in [-0.1, -0.05) is 0 Å². The van der Waals surface area contributed by atoms with Crippen molar-refractivity contribution in [2.45, 2.75) is 39.2 Å². The summed E-state index contributed by atoms with van der Waals surface area (Å²) in [7, 11) is 2.18. The van der Waals surface area contributed by atoms with Crippen molar-refractivity contribution in [3.05, 3.63) is 0 Å². The second-order valence-electron chi connectivity index (χ2n) is 5.25. The van der Waals surface area contributed by atoms with Gasteiger partial charge in [0.25, 0.3) is 0 Å². The Morgan fingerprint density at radius 1 is 1.41 bits per heavy atom. The number of hydrogen-bond donors (Lipinski definition) is 1. The van der Waals surface area contributed by atoms with Gasteiger partial charge in [0.1, 0.15) is 0 Å². The summed E-state index contributed by atoms with van der Waals surface area (Å²) in [6.07, 6.45) is 3.73. The topological polar surface area (TPSA) is 41.6 Å². The molecule has 1 aliphatic heterocycles. The summed E-state index contributed by atoms with van der Waals surface area (Å²) in [6, 6.07) is 0. The van der Waals surface area contributed by atoms with Crippen molar-refractivity contribution in [2.24, 2.45) is 5.92 Å². The SMILES string of the molecule is CC(C)OC(=O)CNCCC1CCN(C)CC1. The average Bonchev–Trinajstić information content (AvgIpc) is 2.26. The molecule has 4 nitrogen and oxygen atoms in total. The second kappa shape index (κ2) is 7.67. The highest BCUT2D eigenvalue weighted by atomic mass is 16.5. The van der Waals surface area contributed by atoms with E-state index in [4.69, 9.17) is 4.74 Å². The van der Waals surface area contributed by atoms with Crippen LogP contribution in [0, 0.1) is 5.92 Å². The fourth-order valence-electron chi connectivity index (χ4n) is 2.15. The molecule has 0 aromatic rings.